The zero-order valence-corrected chi connectivity index (χ0v) is 13.0. The number of hydrogen-bond donors (Lipinski definition) is 0. The second-order valence-electron chi connectivity index (χ2n) is 5.23. The van der Waals surface area contributed by atoms with Crippen LogP contribution in [0.3, 0.4) is 0 Å². The van der Waals surface area contributed by atoms with Crippen LogP contribution >= 0.6 is 11.6 Å². The SMILES string of the molecule is O=C1OCCN1[C@H](c1ccc(Cl)cc1)c1ccc(C(F)(F)F)cn1. The van der Waals surface area contributed by atoms with E-state index in [2.05, 4.69) is 4.98 Å². The van der Waals surface area contributed by atoms with E-state index in [1.807, 2.05) is 0 Å². The first-order valence-electron chi connectivity index (χ1n) is 7.08. The van der Waals surface area contributed by atoms with Gasteiger partial charge in [0.2, 0.25) is 0 Å². The van der Waals surface area contributed by atoms with Gasteiger partial charge in [-0.2, -0.15) is 13.2 Å². The summed E-state index contributed by atoms with van der Waals surface area (Å²) in [6.07, 6.45) is -4.23. The zero-order chi connectivity index (χ0) is 17.3. The summed E-state index contributed by atoms with van der Waals surface area (Å²) in [6.45, 7) is 0.554. The van der Waals surface area contributed by atoms with Crippen LogP contribution in [0.5, 0.6) is 0 Å². The van der Waals surface area contributed by atoms with Crippen molar-refractivity contribution >= 4 is 17.7 Å². The minimum Gasteiger partial charge on any atom is -0.448 e. The maximum absolute atomic E-state index is 12.7. The maximum atomic E-state index is 12.7. The second-order valence-corrected chi connectivity index (χ2v) is 5.67. The molecule has 0 aliphatic carbocycles. The number of carbonyl (C=O) groups excluding carboxylic acids is 1. The number of rotatable bonds is 3. The molecular weight excluding hydrogens is 345 g/mol. The number of nitrogens with zero attached hydrogens (tertiary/aromatic N) is 2. The molecule has 1 saturated heterocycles. The van der Waals surface area contributed by atoms with Crippen molar-refractivity contribution in [2.45, 2.75) is 12.2 Å². The molecule has 1 aliphatic heterocycles. The van der Waals surface area contributed by atoms with Gasteiger partial charge in [0, 0.05) is 11.2 Å². The molecule has 3 rings (SSSR count). The predicted octanol–water partition coefficient (Wildman–Crippen LogP) is 4.30. The molecule has 24 heavy (non-hydrogen) atoms. The number of cyclic esters (lactones) is 1. The Hall–Kier alpha value is -2.28. The van der Waals surface area contributed by atoms with E-state index in [0.29, 0.717) is 22.8 Å². The zero-order valence-electron chi connectivity index (χ0n) is 12.3. The Balaban J connectivity index is 2.01. The van der Waals surface area contributed by atoms with E-state index < -0.39 is 23.9 Å². The van der Waals surface area contributed by atoms with Crippen LogP contribution in [-0.2, 0) is 10.9 Å². The van der Waals surface area contributed by atoms with Crippen molar-refractivity contribution < 1.29 is 22.7 Å². The molecule has 2 heterocycles. The number of amides is 1. The first-order chi connectivity index (χ1) is 11.4. The highest BCUT2D eigenvalue weighted by atomic mass is 35.5. The summed E-state index contributed by atoms with van der Waals surface area (Å²) in [5.74, 6) is 0. The van der Waals surface area contributed by atoms with Gasteiger partial charge in [0.1, 0.15) is 12.6 Å². The van der Waals surface area contributed by atoms with Gasteiger partial charge in [-0.3, -0.25) is 9.88 Å². The Kier molecular flexibility index (Phi) is 4.36. The van der Waals surface area contributed by atoms with Gasteiger partial charge in [-0.25, -0.2) is 4.79 Å². The summed E-state index contributed by atoms with van der Waals surface area (Å²) in [6, 6.07) is 8.29. The monoisotopic (exact) mass is 356 g/mol. The smallest absolute Gasteiger partial charge is 0.417 e. The normalized spacial score (nSPS) is 16.2. The average Bonchev–Trinajstić information content (AvgIpc) is 2.95. The second kappa shape index (κ2) is 6.32. The number of benzene rings is 1. The summed E-state index contributed by atoms with van der Waals surface area (Å²) in [5, 5.41) is 0.516. The number of aromatic nitrogens is 1. The van der Waals surface area contributed by atoms with E-state index in [1.165, 1.54) is 11.0 Å². The van der Waals surface area contributed by atoms with Gasteiger partial charge >= 0.3 is 12.3 Å². The minimum absolute atomic E-state index is 0.226. The Morgan fingerprint density at radius 2 is 1.88 bits per heavy atom. The molecule has 0 N–H and O–H groups in total. The summed E-state index contributed by atoms with van der Waals surface area (Å²) < 4.78 is 43.1. The molecule has 0 radical (unpaired) electrons. The topological polar surface area (TPSA) is 42.4 Å². The molecule has 1 aromatic heterocycles. The van der Waals surface area contributed by atoms with Crippen molar-refractivity contribution in [2.24, 2.45) is 0 Å². The van der Waals surface area contributed by atoms with Gasteiger partial charge in [-0.15, -0.1) is 0 Å². The van der Waals surface area contributed by atoms with Crippen molar-refractivity contribution in [2.75, 3.05) is 13.2 Å². The van der Waals surface area contributed by atoms with E-state index in [-0.39, 0.29) is 6.61 Å². The molecule has 0 spiro atoms. The van der Waals surface area contributed by atoms with Crippen LogP contribution in [-0.4, -0.2) is 29.1 Å². The molecule has 0 bridgehead atoms. The largest absolute Gasteiger partial charge is 0.448 e. The standard InChI is InChI=1S/C16H12ClF3N2O2/c17-12-4-1-10(2-5-12)14(22-7-8-24-15(22)23)13-6-3-11(9-21-13)16(18,19)20/h1-6,9,14H,7-8H2/t14-/m1/s1. The average molecular weight is 357 g/mol. The molecule has 126 valence electrons. The number of pyridine rings is 1. The van der Waals surface area contributed by atoms with Crippen LogP contribution in [0.2, 0.25) is 5.02 Å². The van der Waals surface area contributed by atoms with Gasteiger partial charge in [0.15, 0.2) is 0 Å². The van der Waals surface area contributed by atoms with Gasteiger partial charge in [-0.05, 0) is 29.8 Å². The molecular formula is C16H12ClF3N2O2. The van der Waals surface area contributed by atoms with Gasteiger partial charge in [0.05, 0.1) is 17.8 Å². The molecule has 1 aromatic carbocycles. The van der Waals surface area contributed by atoms with Gasteiger partial charge < -0.3 is 4.74 Å². The van der Waals surface area contributed by atoms with E-state index in [9.17, 15) is 18.0 Å². The van der Waals surface area contributed by atoms with Crippen LogP contribution in [0.15, 0.2) is 42.6 Å². The number of carbonyl (C=O) groups is 1. The molecule has 0 unspecified atom stereocenters. The summed E-state index contributed by atoms with van der Waals surface area (Å²) in [5.41, 5.74) is 0.166. The lowest BCUT2D eigenvalue weighted by Gasteiger charge is -2.26. The molecule has 1 amide bonds. The number of alkyl halides is 3. The van der Waals surface area contributed by atoms with Crippen molar-refractivity contribution in [1.82, 2.24) is 9.88 Å². The lowest BCUT2D eigenvalue weighted by molar-refractivity contribution is -0.137. The van der Waals surface area contributed by atoms with E-state index >= 15 is 0 Å². The number of halogens is 4. The van der Waals surface area contributed by atoms with Crippen LogP contribution in [0.25, 0.3) is 0 Å². The van der Waals surface area contributed by atoms with Crippen molar-refractivity contribution in [3.8, 4) is 0 Å². The third-order valence-corrected chi connectivity index (χ3v) is 3.94. The fraction of sp³-hybridized carbons (Fsp3) is 0.250. The van der Waals surface area contributed by atoms with Gasteiger partial charge in [0.25, 0.3) is 0 Å². The fourth-order valence-corrected chi connectivity index (χ4v) is 2.66. The number of hydrogen-bond acceptors (Lipinski definition) is 3. The molecule has 8 heteroatoms. The molecule has 2 aromatic rings. The molecule has 1 atom stereocenters. The summed E-state index contributed by atoms with van der Waals surface area (Å²) in [4.78, 5) is 17.3. The molecule has 1 fully saturated rings. The lowest BCUT2D eigenvalue weighted by atomic mass is 10.0. The summed E-state index contributed by atoms with van der Waals surface area (Å²) >= 11 is 5.88. The highest BCUT2D eigenvalue weighted by molar-refractivity contribution is 6.30. The van der Waals surface area contributed by atoms with Crippen LogP contribution < -0.4 is 0 Å². The van der Waals surface area contributed by atoms with Gasteiger partial charge in [-0.1, -0.05) is 23.7 Å². The third-order valence-electron chi connectivity index (χ3n) is 3.68. The highest BCUT2D eigenvalue weighted by Gasteiger charge is 2.34. The summed E-state index contributed by atoms with van der Waals surface area (Å²) in [7, 11) is 0. The minimum atomic E-state index is -4.46. The Morgan fingerprint density at radius 3 is 2.38 bits per heavy atom. The molecule has 4 nitrogen and oxygen atoms in total. The Labute approximate surface area is 140 Å². The van der Waals surface area contributed by atoms with E-state index in [1.54, 1.807) is 24.3 Å². The van der Waals surface area contributed by atoms with Crippen molar-refractivity contribution in [3.05, 3.63) is 64.4 Å². The van der Waals surface area contributed by atoms with E-state index in [4.69, 9.17) is 16.3 Å². The predicted molar refractivity (Wildman–Crippen MR) is 80.6 cm³/mol. The Morgan fingerprint density at radius 1 is 1.17 bits per heavy atom. The molecule has 0 saturated carbocycles. The van der Waals surface area contributed by atoms with Crippen molar-refractivity contribution in [1.29, 1.82) is 0 Å². The quantitative estimate of drug-likeness (QED) is 0.823. The van der Waals surface area contributed by atoms with Crippen LogP contribution in [0, 0.1) is 0 Å². The first-order valence-corrected chi connectivity index (χ1v) is 7.46. The third kappa shape index (κ3) is 3.31. The van der Waals surface area contributed by atoms with E-state index in [0.717, 1.165) is 12.3 Å². The Bertz CT molecular complexity index is 732. The lowest BCUT2D eigenvalue weighted by Crippen LogP contribution is -2.31. The van der Waals surface area contributed by atoms with Crippen molar-refractivity contribution in [3.63, 3.8) is 0 Å². The number of ether oxygens (including phenoxy) is 1. The first kappa shape index (κ1) is 16.6. The molecule has 1 aliphatic rings. The highest BCUT2D eigenvalue weighted by Crippen LogP contribution is 2.33. The van der Waals surface area contributed by atoms with Crippen LogP contribution in [0.1, 0.15) is 22.9 Å². The fourth-order valence-electron chi connectivity index (χ4n) is 2.53. The van der Waals surface area contributed by atoms with Crippen LogP contribution in [0.4, 0.5) is 18.0 Å². The maximum Gasteiger partial charge on any atom is 0.417 e.